The van der Waals surface area contributed by atoms with Gasteiger partial charge >= 0.3 is 5.97 Å². The molecule has 0 aromatic carbocycles. The van der Waals surface area contributed by atoms with E-state index in [-0.39, 0.29) is 24.6 Å². The summed E-state index contributed by atoms with van der Waals surface area (Å²) in [5, 5.41) is 8.85. The van der Waals surface area contributed by atoms with Gasteiger partial charge in [-0.05, 0) is 31.6 Å². The Morgan fingerprint density at radius 3 is 2.20 bits per heavy atom. The smallest absolute Gasteiger partial charge is 0.306 e. The van der Waals surface area contributed by atoms with Gasteiger partial charge in [0.2, 0.25) is 15.9 Å². The first-order chi connectivity index (χ1) is 9.17. The largest absolute Gasteiger partial charge is 0.481 e. The van der Waals surface area contributed by atoms with Crippen LogP contribution >= 0.6 is 0 Å². The summed E-state index contributed by atoms with van der Waals surface area (Å²) in [6.45, 7) is 0. The first kappa shape index (κ1) is 15.6. The Labute approximate surface area is 116 Å². The summed E-state index contributed by atoms with van der Waals surface area (Å²) in [5.74, 6) is -4.69. The lowest BCUT2D eigenvalue weighted by Crippen LogP contribution is -2.45. The minimum atomic E-state index is -3.56. The molecule has 0 aromatic heterocycles. The number of sulfonamides is 1. The lowest BCUT2D eigenvalue weighted by atomic mass is 9.83. The van der Waals surface area contributed by atoms with Crippen LogP contribution in [-0.2, 0) is 14.8 Å². The topological polar surface area (TPSA) is 83.5 Å². The summed E-state index contributed by atoms with van der Waals surface area (Å²) in [6, 6.07) is -0.267. The molecule has 5 nitrogen and oxygen atoms in total. The monoisotopic (exact) mass is 311 g/mol. The second kappa shape index (κ2) is 5.55. The molecule has 0 aromatic rings. The molecule has 0 spiro atoms. The van der Waals surface area contributed by atoms with Crippen molar-refractivity contribution in [1.29, 1.82) is 0 Å². The molecule has 116 valence electrons. The molecule has 2 aliphatic carbocycles. The van der Waals surface area contributed by atoms with Gasteiger partial charge in [0.25, 0.3) is 0 Å². The van der Waals surface area contributed by atoms with Crippen molar-refractivity contribution < 1.29 is 27.1 Å². The fourth-order valence-corrected chi connectivity index (χ4v) is 4.67. The van der Waals surface area contributed by atoms with E-state index in [1.807, 2.05) is 0 Å². The van der Waals surface area contributed by atoms with Crippen molar-refractivity contribution in [3.8, 4) is 0 Å². The zero-order chi connectivity index (χ0) is 15.0. The Morgan fingerprint density at radius 1 is 1.20 bits per heavy atom. The van der Waals surface area contributed by atoms with Gasteiger partial charge in [0.1, 0.15) is 0 Å². The van der Waals surface area contributed by atoms with E-state index in [9.17, 15) is 22.0 Å². The summed E-state index contributed by atoms with van der Waals surface area (Å²) in [4.78, 5) is 10.8. The molecule has 0 bridgehead atoms. The second-order valence-corrected chi connectivity index (χ2v) is 7.71. The van der Waals surface area contributed by atoms with Crippen LogP contribution in [0.25, 0.3) is 0 Å². The third-order valence-corrected chi connectivity index (χ3v) is 5.66. The number of halogens is 2. The molecule has 0 unspecified atom stereocenters. The molecule has 2 rings (SSSR count). The number of hydrogen-bond acceptors (Lipinski definition) is 3. The predicted molar refractivity (Wildman–Crippen MR) is 68.0 cm³/mol. The average molecular weight is 311 g/mol. The molecule has 0 atom stereocenters. The fourth-order valence-electron chi connectivity index (χ4n) is 2.97. The molecule has 0 radical (unpaired) electrons. The molecule has 0 heterocycles. The highest BCUT2D eigenvalue weighted by molar-refractivity contribution is 7.89. The molecule has 2 aliphatic rings. The van der Waals surface area contributed by atoms with Crippen molar-refractivity contribution in [2.45, 2.75) is 50.5 Å². The van der Waals surface area contributed by atoms with Crippen LogP contribution in [0.2, 0.25) is 0 Å². The Kier molecular flexibility index (Phi) is 4.34. The molecule has 0 saturated heterocycles. The lowest BCUT2D eigenvalue weighted by molar-refractivity contribution is -0.142. The molecule has 0 aliphatic heterocycles. The molecule has 2 N–H and O–H groups in total. The summed E-state index contributed by atoms with van der Waals surface area (Å²) in [6.07, 6.45) is 1.14. The Balaban J connectivity index is 1.77. The highest BCUT2D eigenvalue weighted by Crippen LogP contribution is 2.42. The van der Waals surface area contributed by atoms with Crippen molar-refractivity contribution in [2.75, 3.05) is 5.75 Å². The quantitative estimate of drug-likeness (QED) is 0.808. The Hall–Kier alpha value is -0.760. The lowest BCUT2D eigenvalue weighted by Gasteiger charge is -2.35. The predicted octanol–water partition coefficient (Wildman–Crippen LogP) is 1.59. The van der Waals surface area contributed by atoms with Crippen molar-refractivity contribution in [2.24, 2.45) is 11.8 Å². The van der Waals surface area contributed by atoms with Gasteiger partial charge in [0, 0.05) is 18.9 Å². The van der Waals surface area contributed by atoms with Crippen molar-refractivity contribution in [1.82, 2.24) is 4.72 Å². The SMILES string of the molecule is O=C(O)C1CCC(NS(=O)(=O)CC2CC(F)(F)C2)CC1. The Bertz CT molecular complexity index is 464. The second-order valence-electron chi connectivity index (χ2n) is 5.92. The molecule has 2 saturated carbocycles. The number of alkyl halides is 2. The number of nitrogens with one attached hydrogen (secondary N) is 1. The maximum absolute atomic E-state index is 12.7. The number of aliphatic carboxylic acids is 1. The van der Waals surface area contributed by atoms with E-state index in [2.05, 4.69) is 4.72 Å². The maximum atomic E-state index is 12.7. The molecular formula is C12H19F2NO4S. The number of carboxylic acid groups (broad SMARTS) is 1. The summed E-state index contributed by atoms with van der Waals surface area (Å²) in [7, 11) is -3.56. The van der Waals surface area contributed by atoms with E-state index in [1.165, 1.54) is 0 Å². The zero-order valence-corrected chi connectivity index (χ0v) is 11.8. The van der Waals surface area contributed by atoms with E-state index in [0.29, 0.717) is 25.7 Å². The van der Waals surface area contributed by atoms with Gasteiger partial charge in [-0.25, -0.2) is 21.9 Å². The molecule has 20 heavy (non-hydrogen) atoms. The summed E-state index contributed by atoms with van der Waals surface area (Å²) < 4.78 is 51.6. The number of rotatable bonds is 5. The van der Waals surface area contributed by atoms with Gasteiger partial charge in [-0.3, -0.25) is 4.79 Å². The molecule has 8 heteroatoms. The van der Waals surface area contributed by atoms with Crippen LogP contribution in [0.4, 0.5) is 8.78 Å². The van der Waals surface area contributed by atoms with E-state index in [0.717, 1.165) is 0 Å². The van der Waals surface area contributed by atoms with Crippen molar-refractivity contribution in [3.05, 3.63) is 0 Å². The van der Waals surface area contributed by atoms with Gasteiger partial charge in [0.15, 0.2) is 0 Å². The first-order valence-corrected chi connectivity index (χ1v) is 8.43. The first-order valence-electron chi connectivity index (χ1n) is 6.77. The minimum absolute atomic E-state index is 0.262. The molecular weight excluding hydrogens is 292 g/mol. The van der Waals surface area contributed by atoms with Crippen LogP contribution in [0.5, 0.6) is 0 Å². The standard InChI is InChI=1S/C12H19F2NO4S/c13-12(14)5-8(6-12)7-20(18,19)15-10-3-1-9(2-4-10)11(16)17/h8-10,15H,1-7H2,(H,16,17). The third kappa shape index (κ3) is 4.12. The van der Waals surface area contributed by atoms with Crippen LogP contribution in [0.15, 0.2) is 0 Å². The van der Waals surface area contributed by atoms with Crippen LogP contribution in [0.1, 0.15) is 38.5 Å². The average Bonchev–Trinajstić information content (AvgIpc) is 2.25. The minimum Gasteiger partial charge on any atom is -0.481 e. The van der Waals surface area contributed by atoms with Crippen LogP contribution in [-0.4, -0.2) is 37.2 Å². The zero-order valence-electron chi connectivity index (χ0n) is 11.0. The molecule has 2 fully saturated rings. The van der Waals surface area contributed by atoms with Gasteiger partial charge in [0.05, 0.1) is 11.7 Å². The van der Waals surface area contributed by atoms with Gasteiger partial charge < -0.3 is 5.11 Å². The normalized spacial score (nSPS) is 30.7. The van der Waals surface area contributed by atoms with Crippen LogP contribution in [0, 0.1) is 11.8 Å². The van der Waals surface area contributed by atoms with Crippen molar-refractivity contribution in [3.63, 3.8) is 0 Å². The highest BCUT2D eigenvalue weighted by atomic mass is 32.2. The van der Waals surface area contributed by atoms with Gasteiger partial charge in [-0.15, -0.1) is 0 Å². The van der Waals surface area contributed by atoms with Crippen LogP contribution < -0.4 is 4.72 Å². The van der Waals surface area contributed by atoms with E-state index < -0.39 is 33.8 Å². The van der Waals surface area contributed by atoms with Crippen LogP contribution in [0.3, 0.4) is 0 Å². The number of hydrogen-bond donors (Lipinski definition) is 2. The third-order valence-electron chi connectivity index (χ3n) is 4.05. The maximum Gasteiger partial charge on any atom is 0.306 e. The summed E-state index contributed by atoms with van der Waals surface area (Å²) >= 11 is 0. The summed E-state index contributed by atoms with van der Waals surface area (Å²) in [5.41, 5.74) is 0. The van der Waals surface area contributed by atoms with Gasteiger partial charge in [-0.1, -0.05) is 0 Å². The van der Waals surface area contributed by atoms with Gasteiger partial charge in [-0.2, -0.15) is 0 Å². The highest BCUT2D eigenvalue weighted by Gasteiger charge is 2.46. The van der Waals surface area contributed by atoms with E-state index in [1.54, 1.807) is 0 Å². The van der Waals surface area contributed by atoms with Crippen molar-refractivity contribution >= 4 is 16.0 Å². The van der Waals surface area contributed by atoms with E-state index >= 15 is 0 Å². The molecule has 0 amide bonds. The fraction of sp³-hybridized carbons (Fsp3) is 0.917. The van der Waals surface area contributed by atoms with E-state index in [4.69, 9.17) is 5.11 Å². The number of carboxylic acids is 1. The Morgan fingerprint density at radius 2 is 1.75 bits per heavy atom. The number of carbonyl (C=O) groups is 1.